The van der Waals surface area contributed by atoms with Gasteiger partial charge in [0.1, 0.15) is 5.82 Å². The number of para-hydroxylation sites is 1. The van der Waals surface area contributed by atoms with Crippen LogP contribution in [0.3, 0.4) is 0 Å². The van der Waals surface area contributed by atoms with Gasteiger partial charge >= 0.3 is 0 Å². The van der Waals surface area contributed by atoms with Gasteiger partial charge in [-0.25, -0.2) is 4.39 Å². The fourth-order valence-corrected chi connectivity index (χ4v) is 2.12. The molecule has 2 N–H and O–H groups in total. The van der Waals surface area contributed by atoms with Crippen LogP contribution in [0.1, 0.15) is 25.3 Å². The third-order valence-electron chi connectivity index (χ3n) is 3.01. The number of hydrogen-bond donors (Lipinski definition) is 2. The van der Waals surface area contributed by atoms with Gasteiger partial charge in [0.2, 0.25) is 0 Å². The van der Waals surface area contributed by atoms with Gasteiger partial charge in [0.15, 0.2) is 5.11 Å². The highest BCUT2D eigenvalue weighted by Gasteiger charge is 2.04. The summed E-state index contributed by atoms with van der Waals surface area (Å²) in [5.74, 6) is -0.354. The minimum atomic E-state index is -0.354. The van der Waals surface area contributed by atoms with E-state index >= 15 is 0 Å². The van der Waals surface area contributed by atoms with Crippen molar-refractivity contribution in [2.45, 2.75) is 19.8 Å². The van der Waals surface area contributed by atoms with Gasteiger partial charge in [-0.2, -0.15) is 5.10 Å². The van der Waals surface area contributed by atoms with Crippen molar-refractivity contribution in [3.8, 4) is 0 Å². The van der Waals surface area contributed by atoms with Crippen molar-refractivity contribution in [3.63, 3.8) is 0 Å². The Morgan fingerprint density at radius 3 is 2.45 bits per heavy atom. The lowest BCUT2D eigenvalue weighted by Crippen LogP contribution is -2.25. The number of rotatable bonds is 5. The Hall–Kier alpha value is -2.27. The van der Waals surface area contributed by atoms with Crippen LogP contribution in [0.15, 0.2) is 59.7 Å². The van der Waals surface area contributed by atoms with Crippen molar-refractivity contribution in [2.24, 2.45) is 5.10 Å². The maximum Gasteiger partial charge on any atom is 0.191 e. The molecule has 114 valence electrons. The van der Waals surface area contributed by atoms with E-state index in [-0.39, 0.29) is 10.9 Å². The molecule has 0 unspecified atom stereocenters. The fourth-order valence-electron chi connectivity index (χ4n) is 1.96. The molecule has 0 bridgehead atoms. The van der Waals surface area contributed by atoms with Crippen LogP contribution >= 0.6 is 12.2 Å². The number of halogens is 1. The van der Waals surface area contributed by atoms with E-state index < -0.39 is 0 Å². The molecule has 2 aromatic carbocycles. The summed E-state index contributed by atoms with van der Waals surface area (Å²) >= 11 is 5.15. The highest BCUT2D eigenvalue weighted by Crippen LogP contribution is 2.12. The molecular formula is C17H18FN3S. The normalized spacial score (nSPS) is 11.1. The van der Waals surface area contributed by atoms with Gasteiger partial charge in [-0.05, 0) is 36.3 Å². The Bertz CT molecular complexity index is 656. The van der Waals surface area contributed by atoms with Crippen LogP contribution < -0.4 is 10.7 Å². The van der Waals surface area contributed by atoms with Gasteiger partial charge in [0.25, 0.3) is 0 Å². The topological polar surface area (TPSA) is 36.4 Å². The number of hydrazone groups is 1. The molecule has 0 fully saturated rings. The second-order valence-electron chi connectivity index (χ2n) is 4.72. The average molecular weight is 315 g/mol. The molecule has 0 aliphatic rings. The zero-order valence-corrected chi connectivity index (χ0v) is 13.2. The van der Waals surface area contributed by atoms with Crippen LogP contribution in [-0.2, 0) is 0 Å². The fraction of sp³-hybridized carbons (Fsp3) is 0.176. The SMILES string of the molecule is CCC/C(=N/NC(=S)Nc1ccccc1F)c1ccccc1. The van der Waals surface area contributed by atoms with Gasteiger partial charge in [-0.15, -0.1) is 0 Å². The largest absolute Gasteiger partial charge is 0.329 e. The lowest BCUT2D eigenvalue weighted by atomic mass is 10.1. The molecule has 0 atom stereocenters. The van der Waals surface area contributed by atoms with Crippen molar-refractivity contribution in [3.05, 3.63) is 66.0 Å². The van der Waals surface area contributed by atoms with Crippen molar-refractivity contribution < 1.29 is 4.39 Å². The summed E-state index contributed by atoms with van der Waals surface area (Å²) in [6.07, 6.45) is 1.81. The molecule has 0 saturated carbocycles. The molecule has 0 aliphatic heterocycles. The van der Waals surface area contributed by atoms with Crippen molar-refractivity contribution in [1.29, 1.82) is 0 Å². The Balaban J connectivity index is 2.04. The zero-order valence-electron chi connectivity index (χ0n) is 12.3. The van der Waals surface area contributed by atoms with Crippen LogP contribution in [0, 0.1) is 5.82 Å². The number of nitrogens with one attached hydrogen (secondary N) is 2. The van der Waals surface area contributed by atoms with E-state index in [0.29, 0.717) is 5.69 Å². The van der Waals surface area contributed by atoms with Crippen LogP contribution in [0.2, 0.25) is 0 Å². The highest BCUT2D eigenvalue weighted by atomic mass is 32.1. The predicted molar refractivity (Wildman–Crippen MR) is 93.6 cm³/mol. The van der Waals surface area contributed by atoms with E-state index in [4.69, 9.17) is 12.2 Å². The molecule has 2 rings (SSSR count). The number of hydrogen-bond acceptors (Lipinski definition) is 2. The molecule has 0 aromatic heterocycles. The van der Waals surface area contributed by atoms with Crippen molar-refractivity contribution in [2.75, 3.05) is 5.32 Å². The second kappa shape index (κ2) is 8.24. The zero-order chi connectivity index (χ0) is 15.8. The predicted octanol–water partition coefficient (Wildman–Crippen LogP) is 4.32. The summed E-state index contributed by atoms with van der Waals surface area (Å²) in [4.78, 5) is 0. The molecule has 0 amide bonds. The number of nitrogens with zero attached hydrogens (tertiary/aromatic N) is 1. The second-order valence-corrected chi connectivity index (χ2v) is 5.13. The van der Waals surface area contributed by atoms with Crippen LogP contribution in [-0.4, -0.2) is 10.8 Å². The van der Waals surface area contributed by atoms with E-state index in [9.17, 15) is 4.39 Å². The van der Waals surface area contributed by atoms with Gasteiger partial charge < -0.3 is 5.32 Å². The first-order valence-corrected chi connectivity index (χ1v) is 7.55. The molecule has 0 spiro atoms. The quantitative estimate of drug-likeness (QED) is 0.490. The minimum Gasteiger partial charge on any atom is -0.329 e. The first kappa shape index (κ1) is 16.1. The van der Waals surface area contributed by atoms with Crippen LogP contribution in [0.4, 0.5) is 10.1 Å². The highest BCUT2D eigenvalue weighted by molar-refractivity contribution is 7.80. The van der Waals surface area contributed by atoms with Gasteiger partial charge in [0, 0.05) is 0 Å². The molecular weight excluding hydrogens is 297 g/mol. The maximum atomic E-state index is 13.5. The molecule has 5 heteroatoms. The van der Waals surface area contributed by atoms with Crippen LogP contribution in [0.25, 0.3) is 0 Å². The van der Waals surface area contributed by atoms with E-state index in [1.54, 1.807) is 18.2 Å². The third kappa shape index (κ3) is 4.63. The third-order valence-corrected chi connectivity index (χ3v) is 3.20. The number of thiocarbonyl (C=S) groups is 1. The molecule has 2 aromatic rings. The Kier molecular flexibility index (Phi) is 6.03. The molecule has 0 aliphatic carbocycles. The molecule has 22 heavy (non-hydrogen) atoms. The molecule has 0 heterocycles. The van der Waals surface area contributed by atoms with Crippen molar-refractivity contribution in [1.82, 2.24) is 5.43 Å². The molecule has 0 saturated heterocycles. The average Bonchev–Trinajstić information content (AvgIpc) is 2.54. The number of anilines is 1. The van der Waals surface area contributed by atoms with Crippen LogP contribution in [0.5, 0.6) is 0 Å². The van der Waals surface area contributed by atoms with E-state index in [0.717, 1.165) is 24.1 Å². The Morgan fingerprint density at radius 2 is 1.77 bits per heavy atom. The smallest absolute Gasteiger partial charge is 0.191 e. The lowest BCUT2D eigenvalue weighted by molar-refractivity contribution is 0.632. The Morgan fingerprint density at radius 1 is 1.09 bits per heavy atom. The summed E-state index contributed by atoms with van der Waals surface area (Å²) in [6, 6.07) is 16.3. The summed E-state index contributed by atoms with van der Waals surface area (Å²) < 4.78 is 13.5. The van der Waals surface area contributed by atoms with E-state index in [1.807, 2.05) is 30.3 Å². The molecule has 0 radical (unpaired) electrons. The monoisotopic (exact) mass is 315 g/mol. The summed E-state index contributed by atoms with van der Waals surface area (Å²) in [6.45, 7) is 2.09. The minimum absolute atomic E-state index is 0.259. The lowest BCUT2D eigenvalue weighted by Gasteiger charge is -2.10. The van der Waals surface area contributed by atoms with Gasteiger partial charge in [-0.1, -0.05) is 55.8 Å². The summed E-state index contributed by atoms with van der Waals surface area (Å²) in [7, 11) is 0. The summed E-state index contributed by atoms with van der Waals surface area (Å²) in [5, 5.41) is 7.41. The standard InChI is InChI=1S/C17H18FN3S/c1-2-8-15(13-9-4-3-5-10-13)20-21-17(22)19-16-12-7-6-11-14(16)18/h3-7,9-12H,2,8H2,1H3,(H2,19,21,22)/b20-15-. The van der Waals surface area contributed by atoms with E-state index in [2.05, 4.69) is 22.8 Å². The molecule has 3 nitrogen and oxygen atoms in total. The Labute approximate surface area is 135 Å². The summed E-state index contributed by atoms with van der Waals surface area (Å²) in [5.41, 5.74) is 5.07. The first-order chi connectivity index (χ1) is 10.7. The van der Waals surface area contributed by atoms with Gasteiger partial charge in [0.05, 0.1) is 11.4 Å². The van der Waals surface area contributed by atoms with E-state index in [1.165, 1.54) is 6.07 Å². The first-order valence-electron chi connectivity index (χ1n) is 7.14. The number of benzene rings is 2. The van der Waals surface area contributed by atoms with Gasteiger partial charge in [-0.3, -0.25) is 5.43 Å². The van der Waals surface area contributed by atoms with Crippen molar-refractivity contribution >= 4 is 28.7 Å². The maximum absolute atomic E-state index is 13.5.